The summed E-state index contributed by atoms with van der Waals surface area (Å²) in [7, 11) is -3.44. The van der Waals surface area contributed by atoms with Gasteiger partial charge in [-0.2, -0.15) is 21.6 Å². The minimum absolute atomic E-state index is 0.204. The second kappa shape index (κ2) is 10.8. The molecule has 0 aliphatic heterocycles. The van der Waals surface area contributed by atoms with Crippen LogP contribution in [0.25, 0.3) is 0 Å². The Morgan fingerprint density at radius 3 is 2.04 bits per heavy atom. The van der Waals surface area contributed by atoms with Crippen molar-refractivity contribution in [1.29, 1.82) is 0 Å². The molecule has 0 aliphatic rings. The van der Waals surface area contributed by atoms with Crippen molar-refractivity contribution in [2.45, 2.75) is 31.9 Å². The number of aryl methyl sites for hydroxylation is 1. The van der Waals surface area contributed by atoms with Crippen molar-refractivity contribution in [3.63, 3.8) is 0 Å². The highest BCUT2D eigenvalue weighted by Crippen LogP contribution is 2.25. The van der Waals surface area contributed by atoms with E-state index in [9.17, 15) is 21.6 Å². The maximum atomic E-state index is 11.6. The molecule has 24 heavy (non-hydrogen) atoms. The predicted molar refractivity (Wildman–Crippen MR) is 80.8 cm³/mol. The van der Waals surface area contributed by atoms with Gasteiger partial charge in [0, 0.05) is 12.1 Å². The summed E-state index contributed by atoms with van der Waals surface area (Å²) in [5, 5.41) is 0. The number of H-pyrrole nitrogens is 2. The summed E-state index contributed by atoms with van der Waals surface area (Å²) < 4.78 is 61.1. The molecule has 2 aromatic heterocycles. The Balaban J connectivity index is 0.000000364. The first-order valence-electron chi connectivity index (χ1n) is 6.98. The van der Waals surface area contributed by atoms with Gasteiger partial charge in [-0.3, -0.25) is 9.17 Å². The van der Waals surface area contributed by atoms with Gasteiger partial charge in [-0.25, -0.2) is 9.55 Å². The molecule has 0 spiro atoms. The zero-order valence-corrected chi connectivity index (χ0v) is 14.4. The van der Waals surface area contributed by atoms with Crippen molar-refractivity contribution in [2.24, 2.45) is 7.05 Å². The van der Waals surface area contributed by atoms with Crippen LogP contribution in [0.15, 0.2) is 49.3 Å². The number of rotatable bonds is 3. The summed E-state index contributed by atoms with van der Waals surface area (Å²) in [6.45, 7) is 2.78. The summed E-state index contributed by atoms with van der Waals surface area (Å²) in [6.07, 6.45) is 8.70. The van der Waals surface area contributed by atoms with E-state index in [1.165, 1.54) is 13.8 Å². The van der Waals surface area contributed by atoms with Gasteiger partial charge in [0.15, 0.2) is 12.4 Å². The highest BCUT2D eigenvalue weighted by atomic mass is 32.2. The van der Waals surface area contributed by atoms with E-state index in [2.05, 4.69) is 14.2 Å². The van der Waals surface area contributed by atoms with Crippen LogP contribution in [0, 0.1) is 0 Å². The summed E-state index contributed by atoms with van der Waals surface area (Å²) in [4.78, 5) is 5.78. The standard InChI is InChI=1S/C5H9F3O3S.C5H5N.C4H6N2/c1-3-4(2)11-12(9,10)5(6,7)8;1-2-4-6-5-3-1;1-6-3-2-5-4-6/h4H,3H2,1-2H3;1-5H;2-4H,1H3/p+2. The minimum atomic E-state index is -5.41. The molecular weight excluding hydrogens is 347 g/mol. The molecule has 0 saturated carbocycles. The number of hydrogen-bond acceptors (Lipinski definition) is 3. The molecule has 1 atom stereocenters. The van der Waals surface area contributed by atoms with Crippen molar-refractivity contribution >= 4 is 10.1 Å². The van der Waals surface area contributed by atoms with Gasteiger partial charge in [-0.15, -0.1) is 0 Å². The number of imidazole rings is 1. The summed E-state index contributed by atoms with van der Waals surface area (Å²) >= 11 is 0. The number of alkyl halides is 3. The van der Waals surface area contributed by atoms with Crippen LogP contribution in [0.1, 0.15) is 20.3 Å². The van der Waals surface area contributed by atoms with E-state index < -0.39 is 21.7 Å². The molecule has 0 fully saturated rings. The summed E-state index contributed by atoms with van der Waals surface area (Å²) in [5.41, 5.74) is -5.32. The number of nitrogens with one attached hydrogen (secondary N) is 2. The normalized spacial score (nSPS) is 12.2. The lowest BCUT2D eigenvalue weighted by atomic mass is 10.3. The van der Waals surface area contributed by atoms with Crippen molar-refractivity contribution in [3.05, 3.63) is 49.3 Å². The van der Waals surface area contributed by atoms with E-state index >= 15 is 0 Å². The zero-order valence-electron chi connectivity index (χ0n) is 13.6. The maximum absolute atomic E-state index is 11.6. The molecule has 1 unspecified atom stereocenters. The van der Waals surface area contributed by atoms with Crippen LogP contribution in [0.3, 0.4) is 0 Å². The first-order valence-corrected chi connectivity index (χ1v) is 8.39. The van der Waals surface area contributed by atoms with Crippen LogP contribution in [0.5, 0.6) is 0 Å². The lowest BCUT2D eigenvalue weighted by Gasteiger charge is -2.12. The maximum Gasteiger partial charge on any atom is 0.523 e. The third kappa shape index (κ3) is 9.95. The van der Waals surface area contributed by atoms with E-state index in [0.717, 1.165) is 0 Å². The molecule has 0 saturated heterocycles. The van der Waals surface area contributed by atoms with Gasteiger partial charge < -0.3 is 0 Å². The number of pyridine rings is 1. The number of halogens is 3. The molecule has 2 aromatic rings. The molecule has 10 heteroatoms. The molecule has 0 amide bonds. The Kier molecular flexibility index (Phi) is 9.89. The molecule has 136 valence electrons. The van der Waals surface area contributed by atoms with Crippen molar-refractivity contribution < 1.29 is 35.3 Å². The molecule has 0 bridgehead atoms. The van der Waals surface area contributed by atoms with Crippen LogP contribution < -0.4 is 9.55 Å². The van der Waals surface area contributed by atoms with Gasteiger partial charge in [0.2, 0.25) is 6.33 Å². The van der Waals surface area contributed by atoms with Gasteiger partial charge in [0.1, 0.15) is 12.4 Å². The van der Waals surface area contributed by atoms with Gasteiger partial charge in [-0.05, 0) is 13.3 Å². The van der Waals surface area contributed by atoms with Crippen LogP contribution in [-0.2, 0) is 21.3 Å². The monoisotopic (exact) mass is 369 g/mol. The molecule has 2 heterocycles. The topological polar surface area (TPSA) is 77.2 Å². The van der Waals surface area contributed by atoms with Gasteiger partial charge in [0.05, 0.1) is 13.2 Å². The molecule has 0 radical (unpaired) electrons. The number of aromatic amines is 2. The lowest BCUT2D eigenvalue weighted by molar-refractivity contribution is -0.670. The van der Waals surface area contributed by atoms with Crippen LogP contribution in [-0.4, -0.2) is 25.0 Å². The van der Waals surface area contributed by atoms with E-state index in [-0.39, 0.29) is 6.42 Å². The SMILES string of the molecule is CCC(C)OS(=O)(=O)C(F)(F)F.C[n+]1cc[nH]c1.c1cc[nH+]cc1. The minimum Gasteiger partial charge on any atom is -0.260 e. The van der Waals surface area contributed by atoms with Crippen LogP contribution >= 0.6 is 0 Å². The second-order valence-electron chi connectivity index (χ2n) is 4.57. The molecule has 2 rings (SSSR count). The van der Waals surface area contributed by atoms with Crippen LogP contribution in [0.4, 0.5) is 13.2 Å². The molecule has 0 aliphatic carbocycles. The smallest absolute Gasteiger partial charge is 0.260 e. The fourth-order valence-corrected chi connectivity index (χ4v) is 1.72. The first kappa shape index (κ1) is 22.1. The number of aromatic nitrogens is 3. The first-order chi connectivity index (χ1) is 11.1. The average molecular weight is 369 g/mol. The number of hydrogen-bond donors (Lipinski definition) is 1. The van der Waals surface area contributed by atoms with E-state index in [1.54, 1.807) is 0 Å². The lowest BCUT2D eigenvalue weighted by Crippen LogP contribution is -2.28. The van der Waals surface area contributed by atoms with E-state index in [0.29, 0.717) is 0 Å². The Labute approximate surface area is 139 Å². The Morgan fingerprint density at radius 2 is 1.83 bits per heavy atom. The number of nitrogens with zero attached hydrogens (tertiary/aromatic N) is 1. The largest absolute Gasteiger partial charge is 0.523 e. The fourth-order valence-electron chi connectivity index (χ4n) is 1.05. The second-order valence-corrected chi connectivity index (χ2v) is 6.13. The highest BCUT2D eigenvalue weighted by molar-refractivity contribution is 7.87. The Bertz CT molecular complexity index is 606. The zero-order chi connectivity index (χ0) is 18.6. The predicted octanol–water partition coefficient (Wildman–Crippen LogP) is 1.99. The molecular formula is C14H22F3N3O3S+2. The Hall–Kier alpha value is -1.94. The van der Waals surface area contributed by atoms with Crippen molar-refractivity contribution in [3.8, 4) is 0 Å². The summed E-state index contributed by atoms with van der Waals surface area (Å²) in [6, 6.07) is 5.86. The van der Waals surface area contributed by atoms with Gasteiger partial charge >= 0.3 is 15.6 Å². The third-order valence-electron chi connectivity index (χ3n) is 2.44. The fraction of sp³-hybridized carbons (Fsp3) is 0.429. The quantitative estimate of drug-likeness (QED) is 0.511. The van der Waals surface area contributed by atoms with E-state index in [1.807, 2.05) is 60.9 Å². The molecule has 0 aromatic carbocycles. The third-order valence-corrected chi connectivity index (χ3v) is 3.59. The molecule has 6 nitrogen and oxygen atoms in total. The van der Waals surface area contributed by atoms with Gasteiger partial charge in [-0.1, -0.05) is 13.0 Å². The molecule has 2 N–H and O–H groups in total. The van der Waals surface area contributed by atoms with Crippen molar-refractivity contribution in [2.75, 3.05) is 0 Å². The van der Waals surface area contributed by atoms with Crippen LogP contribution in [0.2, 0.25) is 0 Å². The summed E-state index contributed by atoms with van der Waals surface area (Å²) in [5.74, 6) is 0. The Morgan fingerprint density at radius 1 is 1.25 bits per heavy atom. The average Bonchev–Trinajstić information content (AvgIpc) is 3.00. The van der Waals surface area contributed by atoms with E-state index in [4.69, 9.17) is 0 Å². The highest BCUT2D eigenvalue weighted by Gasteiger charge is 2.47. The van der Waals surface area contributed by atoms with Gasteiger partial charge in [0.25, 0.3) is 0 Å². The van der Waals surface area contributed by atoms with Crippen molar-refractivity contribution in [1.82, 2.24) is 4.98 Å².